The molecule has 0 bridgehead atoms. The van der Waals surface area contributed by atoms with Crippen molar-refractivity contribution in [3.05, 3.63) is 28.8 Å². The number of benzene rings is 1. The molecule has 0 saturated heterocycles. The van der Waals surface area contributed by atoms with E-state index in [1.807, 2.05) is 41.5 Å². The van der Waals surface area contributed by atoms with Crippen LogP contribution in [0.4, 0.5) is 0 Å². The lowest BCUT2D eigenvalue weighted by molar-refractivity contribution is 0.112. The number of rotatable bonds is 3. The van der Waals surface area contributed by atoms with Crippen molar-refractivity contribution in [3.8, 4) is 5.75 Å². The Morgan fingerprint density at radius 3 is 1.81 bits per heavy atom. The van der Waals surface area contributed by atoms with Gasteiger partial charge in [0.1, 0.15) is 12.0 Å². The van der Waals surface area contributed by atoms with E-state index in [0.717, 1.165) is 11.8 Å². The Balaban J connectivity index is 3.78. The number of hydrogen-bond acceptors (Lipinski definition) is 3. The molecule has 0 amide bonds. The van der Waals surface area contributed by atoms with Crippen molar-refractivity contribution in [2.24, 2.45) is 0 Å². The monoisotopic (exact) mass is 314 g/mol. The molecule has 0 aliphatic rings. The van der Waals surface area contributed by atoms with Crippen molar-refractivity contribution < 1.29 is 23.7 Å². The van der Waals surface area contributed by atoms with Gasteiger partial charge in [-0.25, -0.2) is 4.57 Å². The Labute approximate surface area is 125 Å². The minimum Gasteiger partial charge on any atom is -0.404 e. The first-order valence-electron chi connectivity index (χ1n) is 6.65. The van der Waals surface area contributed by atoms with Crippen molar-refractivity contribution in [2.75, 3.05) is 0 Å². The smallest absolute Gasteiger partial charge is 0.404 e. The van der Waals surface area contributed by atoms with Crippen molar-refractivity contribution in [2.45, 2.75) is 52.4 Å². The van der Waals surface area contributed by atoms with Gasteiger partial charge in [0.15, 0.2) is 0 Å². The van der Waals surface area contributed by atoms with Gasteiger partial charge in [0.05, 0.1) is 0 Å². The lowest BCUT2D eigenvalue weighted by atomic mass is 9.73. The van der Waals surface area contributed by atoms with E-state index in [-0.39, 0.29) is 11.2 Å². The molecule has 1 aromatic rings. The topological polar surface area (TPSA) is 83.8 Å². The van der Waals surface area contributed by atoms with Crippen LogP contribution < -0.4 is 4.52 Å². The molecule has 5 nitrogen and oxygen atoms in total. The van der Waals surface area contributed by atoms with Gasteiger partial charge in [0.2, 0.25) is 0 Å². The normalized spacial score (nSPS) is 13.1. The van der Waals surface area contributed by atoms with Crippen LogP contribution in [0.3, 0.4) is 0 Å². The average molecular weight is 314 g/mol. The predicted molar refractivity (Wildman–Crippen MR) is 81.9 cm³/mol. The summed E-state index contributed by atoms with van der Waals surface area (Å²) in [4.78, 5) is 29.6. The molecule has 0 fully saturated rings. The van der Waals surface area contributed by atoms with Gasteiger partial charge in [-0.05, 0) is 28.5 Å². The van der Waals surface area contributed by atoms with Crippen LogP contribution in [0.1, 0.15) is 63.0 Å². The number of phosphoric acid groups is 1. The maximum absolute atomic E-state index is 11.4. The summed E-state index contributed by atoms with van der Waals surface area (Å²) < 4.78 is 16.0. The van der Waals surface area contributed by atoms with Crippen LogP contribution in [-0.4, -0.2) is 16.1 Å². The fraction of sp³-hybridized carbons (Fsp3) is 0.533. The first-order valence-corrected chi connectivity index (χ1v) is 8.18. The maximum Gasteiger partial charge on any atom is 0.524 e. The van der Waals surface area contributed by atoms with Crippen molar-refractivity contribution >= 4 is 14.1 Å². The van der Waals surface area contributed by atoms with E-state index in [0.29, 0.717) is 11.1 Å². The quantitative estimate of drug-likeness (QED) is 0.658. The average Bonchev–Trinajstić information content (AvgIpc) is 2.23. The molecular weight excluding hydrogens is 291 g/mol. The molecule has 0 unspecified atom stereocenters. The van der Waals surface area contributed by atoms with Crippen LogP contribution in [0.2, 0.25) is 0 Å². The Hall–Kier alpha value is -1.16. The third-order valence-electron chi connectivity index (χ3n) is 3.04. The fourth-order valence-electron chi connectivity index (χ4n) is 2.45. The number of phosphoric ester groups is 1. The van der Waals surface area contributed by atoms with Crippen LogP contribution in [0.25, 0.3) is 0 Å². The van der Waals surface area contributed by atoms with Crippen molar-refractivity contribution in [3.63, 3.8) is 0 Å². The van der Waals surface area contributed by atoms with E-state index in [4.69, 9.17) is 14.3 Å². The summed E-state index contributed by atoms with van der Waals surface area (Å²) in [5.74, 6) is 0.117. The molecule has 0 atom stereocenters. The van der Waals surface area contributed by atoms with Crippen LogP contribution in [-0.2, 0) is 15.4 Å². The van der Waals surface area contributed by atoms with Crippen LogP contribution >= 0.6 is 7.82 Å². The summed E-state index contributed by atoms with van der Waals surface area (Å²) >= 11 is 0. The molecule has 118 valence electrons. The number of hydrogen-bond donors (Lipinski definition) is 2. The van der Waals surface area contributed by atoms with E-state index in [9.17, 15) is 9.36 Å². The third-order valence-corrected chi connectivity index (χ3v) is 3.48. The zero-order chi connectivity index (χ0) is 16.6. The minimum atomic E-state index is -4.67. The second kappa shape index (κ2) is 5.56. The number of carbonyl (C=O) groups excluding carboxylic acids is 1. The van der Waals surface area contributed by atoms with Gasteiger partial charge in [-0.15, -0.1) is 0 Å². The standard InChI is InChI=1S/C15H23O5P/c1-14(2,3)12-10(9-16)7-8-11(20-21(17,18)19)13(12)15(4,5)6/h7-9H,1-6H3,(H2,17,18,19). The van der Waals surface area contributed by atoms with Crippen LogP contribution in [0.15, 0.2) is 12.1 Å². The predicted octanol–water partition coefficient (Wildman–Crippen LogP) is 3.57. The van der Waals surface area contributed by atoms with Crippen LogP contribution in [0.5, 0.6) is 5.75 Å². The summed E-state index contributed by atoms with van der Waals surface area (Å²) in [6.07, 6.45) is 0.761. The minimum absolute atomic E-state index is 0.117. The largest absolute Gasteiger partial charge is 0.524 e. The second-order valence-electron chi connectivity index (χ2n) is 7.10. The lowest BCUT2D eigenvalue weighted by Crippen LogP contribution is -2.25. The molecule has 0 aromatic heterocycles. The Bertz CT molecular complexity index is 587. The molecule has 0 aliphatic heterocycles. The van der Waals surface area contributed by atoms with E-state index >= 15 is 0 Å². The molecule has 0 saturated carbocycles. The van der Waals surface area contributed by atoms with Crippen LogP contribution in [0, 0.1) is 0 Å². The Morgan fingerprint density at radius 2 is 1.48 bits per heavy atom. The lowest BCUT2D eigenvalue weighted by Gasteiger charge is -2.33. The van der Waals surface area contributed by atoms with Gasteiger partial charge in [-0.3, -0.25) is 14.6 Å². The fourth-order valence-corrected chi connectivity index (χ4v) is 2.86. The van der Waals surface area contributed by atoms with Gasteiger partial charge in [0, 0.05) is 11.1 Å². The summed E-state index contributed by atoms with van der Waals surface area (Å²) in [6, 6.07) is 2.98. The zero-order valence-electron chi connectivity index (χ0n) is 13.3. The molecule has 0 spiro atoms. The Morgan fingerprint density at radius 1 is 1.00 bits per heavy atom. The number of aldehydes is 1. The molecular formula is C15H23O5P. The van der Waals surface area contributed by atoms with Gasteiger partial charge < -0.3 is 4.52 Å². The van der Waals surface area contributed by atoms with Gasteiger partial charge >= 0.3 is 7.82 Å². The van der Waals surface area contributed by atoms with E-state index in [1.165, 1.54) is 12.1 Å². The van der Waals surface area contributed by atoms with E-state index in [2.05, 4.69) is 0 Å². The zero-order valence-corrected chi connectivity index (χ0v) is 14.2. The SMILES string of the molecule is CC(C)(C)c1c(C=O)ccc(OP(=O)(O)O)c1C(C)(C)C. The van der Waals surface area contributed by atoms with Gasteiger partial charge in [-0.1, -0.05) is 41.5 Å². The molecule has 6 heteroatoms. The van der Waals surface area contributed by atoms with Gasteiger partial charge in [-0.2, -0.15) is 0 Å². The second-order valence-corrected chi connectivity index (χ2v) is 8.27. The third kappa shape index (κ3) is 4.40. The maximum atomic E-state index is 11.4. The molecule has 21 heavy (non-hydrogen) atoms. The van der Waals surface area contributed by atoms with Crippen molar-refractivity contribution in [1.29, 1.82) is 0 Å². The highest BCUT2D eigenvalue weighted by Crippen LogP contribution is 2.46. The molecule has 0 radical (unpaired) electrons. The summed E-state index contributed by atoms with van der Waals surface area (Å²) in [5.41, 5.74) is 1.09. The molecule has 0 aliphatic carbocycles. The van der Waals surface area contributed by atoms with Crippen molar-refractivity contribution in [1.82, 2.24) is 0 Å². The molecule has 2 N–H and O–H groups in total. The van der Waals surface area contributed by atoms with E-state index in [1.54, 1.807) is 0 Å². The molecule has 1 aromatic carbocycles. The highest BCUT2D eigenvalue weighted by atomic mass is 31.2. The molecule has 1 rings (SSSR count). The highest BCUT2D eigenvalue weighted by Gasteiger charge is 2.33. The Kier molecular flexibility index (Phi) is 4.74. The van der Waals surface area contributed by atoms with E-state index < -0.39 is 13.2 Å². The highest BCUT2D eigenvalue weighted by molar-refractivity contribution is 7.46. The first-order chi connectivity index (χ1) is 9.27. The first kappa shape index (κ1) is 17.9. The summed E-state index contributed by atoms with van der Waals surface area (Å²) in [5, 5.41) is 0. The number of carbonyl (C=O) groups is 1. The summed E-state index contributed by atoms with van der Waals surface area (Å²) in [6.45, 7) is 11.6. The summed E-state index contributed by atoms with van der Waals surface area (Å²) in [7, 11) is -4.67. The molecule has 0 heterocycles. The van der Waals surface area contributed by atoms with Gasteiger partial charge in [0.25, 0.3) is 0 Å².